The molecule has 154 valence electrons. The standard InChI is InChI=1S/C23H15Cl2N3O3/c24-15-5-4-6-17(13-15)27-21(29)14-9-11-16(12-10-14)26-20-19(25)22(30)28(23(20)31)18-7-2-1-3-8-18/h1-13,26H,(H,27,29). The van der Waals surface area contributed by atoms with Crippen LogP contribution in [0, 0.1) is 0 Å². The molecule has 0 bridgehead atoms. The van der Waals surface area contributed by atoms with E-state index in [1.54, 1.807) is 78.9 Å². The van der Waals surface area contributed by atoms with Gasteiger partial charge in [-0.25, -0.2) is 4.90 Å². The van der Waals surface area contributed by atoms with E-state index >= 15 is 0 Å². The second-order valence-electron chi connectivity index (χ2n) is 6.64. The van der Waals surface area contributed by atoms with Crippen molar-refractivity contribution in [2.75, 3.05) is 15.5 Å². The van der Waals surface area contributed by atoms with Crippen molar-refractivity contribution >= 4 is 58.0 Å². The van der Waals surface area contributed by atoms with Crippen LogP contribution in [0.15, 0.2) is 89.6 Å². The number of hydrogen-bond donors (Lipinski definition) is 2. The molecule has 0 aromatic heterocycles. The summed E-state index contributed by atoms with van der Waals surface area (Å²) in [5, 5.41) is 5.96. The van der Waals surface area contributed by atoms with Gasteiger partial charge in [-0.05, 0) is 54.6 Å². The zero-order valence-corrected chi connectivity index (χ0v) is 17.4. The molecule has 0 aliphatic carbocycles. The number of rotatable bonds is 5. The topological polar surface area (TPSA) is 78.5 Å². The monoisotopic (exact) mass is 451 g/mol. The molecule has 0 saturated heterocycles. The van der Waals surface area contributed by atoms with Crippen molar-refractivity contribution < 1.29 is 14.4 Å². The van der Waals surface area contributed by atoms with E-state index in [1.807, 2.05) is 0 Å². The zero-order chi connectivity index (χ0) is 22.0. The maximum absolute atomic E-state index is 12.8. The summed E-state index contributed by atoms with van der Waals surface area (Å²) in [5.74, 6) is -1.46. The lowest BCUT2D eigenvalue weighted by molar-refractivity contribution is -0.120. The summed E-state index contributed by atoms with van der Waals surface area (Å²) >= 11 is 12.1. The van der Waals surface area contributed by atoms with Gasteiger partial charge in [0.05, 0.1) is 5.69 Å². The molecule has 3 aromatic carbocycles. The zero-order valence-electron chi connectivity index (χ0n) is 15.9. The summed E-state index contributed by atoms with van der Waals surface area (Å²) in [6, 6.07) is 21.8. The Balaban J connectivity index is 1.48. The van der Waals surface area contributed by atoms with Gasteiger partial charge in [-0.15, -0.1) is 0 Å². The fourth-order valence-electron chi connectivity index (χ4n) is 3.04. The minimum atomic E-state index is -0.599. The van der Waals surface area contributed by atoms with Gasteiger partial charge in [0, 0.05) is 22.0 Å². The van der Waals surface area contributed by atoms with E-state index in [0.29, 0.717) is 27.6 Å². The number of benzene rings is 3. The van der Waals surface area contributed by atoms with E-state index in [9.17, 15) is 14.4 Å². The van der Waals surface area contributed by atoms with Gasteiger partial charge in [-0.2, -0.15) is 0 Å². The third-order valence-electron chi connectivity index (χ3n) is 4.54. The number of imide groups is 1. The van der Waals surface area contributed by atoms with Crippen LogP contribution in [0.25, 0.3) is 0 Å². The van der Waals surface area contributed by atoms with Crippen LogP contribution in [-0.2, 0) is 9.59 Å². The summed E-state index contributed by atoms with van der Waals surface area (Å²) in [5.41, 5.74) is 1.90. The highest BCUT2D eigenvalue weighted by molar-refractivity contribution is 6.53. The molecule has 1 aliphatic rings. The predicted molar refractivity (Wildman–Crippen MR) is 121 cm³/mol. The van der Waals surface area contributed by atoms with Crippen LogP contribution in [-0.4, -0.2) is 17.7 Å². The fourth-order valence-corrected chi connectivity index (χ4v) is 3.44. The van der Waals surface area contributed by atoms with Crippen molar-refractivity contribution in [1.29, 1.82) is 0 Å². The Kier molecular flexibility index (Phi) is 5.75. The Hall–Kier alpha value is -3.61. The number of para-hydroxylation sites is 1. The molecule has 0 radical (unpaired) electrons. The van der Waals surface area contributed by atoms with Gasteiger partial charge < -0.3 is 10.6 Å². The number of anilines is 3. The SMILES string of the molecule is O=C(Nc1cccc(Cl)c1)c1ccc(NC2=C(Cl)C(=O)N(c3ccccc3)C2=O)cc1. The van der Waals surface area contributed by atoms with Crippen LogP contribution < -0.4 is 15.5 Å². The minimum Gasteiger partial charge on any atom is -0.350 e. The highest BCUT2D eigenvalue weighted by Gasteiger charge is 2.38. The van der Waals surface area contributed by atoms with E-state index < -0.39 is 11.8 Å². The second-order valence-corrected chi connectivity index (χ2v) is 7.45. The lowest BCUT2D eigenvalue weighted by Crippen LogP contribution is -2.32. The highest BCUT2D eigenvalue weighted by atomic mass is 35.5. The first kappa shape index (κ1) is 20.7. The number of amides is 3. The van der Waals surface area contributed by atoms with Crippen molar-refractivity contribution in [1.82, 2.24) is 0 Å². The molecule has 1 aliphatic heterocycles. The van der Waals surface area contributed by atoms with Crippen LogP contribution in [0.2, 0.25) is 5.02 Å². The molecular formula is C23H15Cl2N3O3. The molecule has 0 atom stereocenters. The number of carbonyl (C=O) groups is 3. The summed E-state index contributed by atoms with van der Waals surface area (Å²) in [6.45, 7) is 0. The smallest absolute Gasteiger partial charge is 0.283 e. The molecule has 31 heavy (non-hydrogen) atoms. The molecule has 1 heterocycles. The van der Waals surface area contributed by atoms with Gasteiger partial charge in [0.1, 0.15) is 10.7 Å². The highest BCUT2D eigenvalue weighted by Crippen LogP contribution is 2.30. The minimum absolute atomic E-state index is 0.0216. The van der Waals surface area contributed by atoms with Crippen molar-refractivity contribution in [3.05, 3.63) is 100 Å². The van der Waals surface area contributed by atoms with Crippen LogP contribution in [0.5, 0.6) is 0 Å². The van der Waals surface area contributed by atoms with Gasteiger partial charge in [-0.3, -0.25) is 14.4 Å². The van der Waals surface area contributed by atoms with E-state index in [2.05, 4.69) is 10.6 Å². The lowest BCUT2D eigenvalue weighted by Gasteiger charge is -2.15. The molecule has 0 unspecified atom stereocenters. The molecule has 0 saturated carbocycles. The Morgan fingerprint density at radius 3 is 2.16 bits per heavy atom. The van der Waals surface area contributed by atoms with E-state index in [-0.39, 0.29) is 16.6 Å². The molecule has 3 aromatic rings. The maximum atomic E-state index is 12.8. The van der Waals surface area contributed by atoms with E-state index in [0.717, 1.165) is 4.90 Å². The van der Waals surface area contributed by atoms with Crippen molar-refractivity contribution in [3.8, 4) is 0 Å². The number of hydrogen-bond acceptors (Lipinski definition) is 4. The fraction of sp³-hybridized carbons (Fsp3) is 0. The summed E-state index contributed by atoms with van der Waals surface area (Å²) in [6.07, 6.45) is 0. The first-order valence-corrected chi connectivity index (χ1v) is 9.97. The number of nitrogens with one attached hydrogen (secondary N) is 2. The average Bonchev–Trinajstić information content (AvgIpc) is 2.98. The number of carbonyl (C=O) groups excluding carboxylic acids is 3. The maximum Gasteiger partial charge on any atom is 0.283 e. The van der Waals surface area contributed by atoms with Crippen LogP contribution >= 0.6 is 23.2 Å². The quantitative estimate of drug-likeness (QED) is 0.533. The van der Waals surface area contributed by atoms with E-state index in [1.165, 1.54) is 0 Å². The second kappa shape index (κ2) is 8.63. The Labute approximate surface area is 188 Å². The molecular weight excluding hydrogens is 437 g/mol. The third kappa shape index (κ3) is 4.30. The lowest BCUT2D eigenvalue weighted by atomic mass is 10.2. The normalized spacial score (nSPS) is 13.5. The van der Waals surface area contributed by atoms with Gasteiger partial charge >= 0.3 is 0 Å². The molecule has 6 nitrogen and oxygen atoms in total. The van der Waals surface area contributed by atoms with Crippen molar-refractivity contribution in [2.24, 2.45) is 0 Å². The molecule has 4 rings (SSSR count). The Bertz CT molecular complexity index is 1210. The van der Waals surface area contributed by atoms with Crippen molar-refractivity contribution in [3.63, 3.8) is 0 Å². The van der Waals surface area contributed by atoms with Crippen LogP contribution in [0.3, 0.4) is 0 Å². The van der Waals surface area contributed by atoms with Gasteiger partial charge in [0.2, 0.25) is 0 Å². The molecule has 2 N–H and O–H groups in total. The molecule has 3 amide bonds. The summed E-state index contributed by atoms with van der Waals surface area (Å²) in [4.78, 5) is 38.7. The van der Waals surface area contributed by atoms with Gasteiger partial charge in [-0.1, -0.05) is 47.5 Å². The molecule has 0 fully saturated rings. The summed E-state index contributed by atoms with van der Waals surface area (Å²) < 4.78 is 0. The molecule has 8 heteroatoms. The average molecular weight is 452 g/mol. The van der Waals surface area contributed by atoms with Crippen LogP contribution in [0.4, 0.5) is 17.1 Å². The first-order chi connectivity index (χ1) is 14.9. The third-order valence-corrected chi connectivity index (χ3v) is 5.13. The predicted octanol–water partition coefficient (Wildman–Crippen LogP) is 5.03. The molecule has 0 spiro atoms. The van der Waals surface area contributed by atoms with Crippen LogP contribution in [0.1, 0.15) is 10.4 Å². The largest absolute Gasteiger partial charge is 0.350 e. The van der Waals surface area contributed by atoms with Gasteiger partial charge in [0.25, 0.3) is 17.7 Å². The number of nitrogens with zero attached hydrogens (tertiary/aromatic N) is 1. The Morgan fingerprint density at radius 1 is 0.774 bits per heavy atom. The number of halogens is 2. The first-order valence-electron chi connectivity index (χ1n) is 9.21. The Morgan fingerprint density at radius 2 is 1.48 bits per heavy atom. The van der Waals surface area contributed by atoms with Crippen molar-refractivity contribution in [2.45, 2.75) is 0 Å². The van der Waals surface area contributed by atoms with E-state index in [4.69, 9.17) is 23.2 Å². The van der Waals surface area contributed by atoms with Gasteiger partial charge in [0.15, 0.2) is 0 Å². The summed E-state index contributed by atoms with van der Waals surface area (Å²) in [7, 11) is 0.